The van der Waals surface area contributed by atoms with Crippen molar-refractivity contribution in [2.45, 2.75) is 6.92 Å². The Morgan fingerprint density at radius 3 is 2.62 bits per heavy atom. The summed E-state index contributed by atoms with van der Waals surface area (Å²) in [5.41, 5.74) is 7.11. The predicted octanol–water partition coefficient (Wildman–Crippen LogP) is 1.58. The highest BCUT2D eigenvalue weighted by molar-refractivity contribution is 5.89. The normalized spacial score (nSPS) is 10.3. The molecular weight excluding hydrogens is 208 g/mol. The first-order chi connectivity index (χ1) is 7.47. The number of nitrogens with one attached hydrogen (secondary N) is 1. The van der Waals surface area contributed by atoms with Crippen LogP contribution in [0.5, 0.6) is 0 Å². The zero-order valence-corrected chi connectivity index (χ0v) is 8.73. The highest BCUT2D eigenvalue weighted by Gasteiger charge is 1.99. The molecule has 4 N–H and O–H groups in total. The fraction of sp³-hybridized carbons (Fsp3) is 0.0909. The minimum absolute atomic E-state index is 0.539. The van der Waals surface area contributed by atoms with E-state index in [-0.39, 0.29) is 0 Å². The van der Waals surface area contributed by atoms with Gasteiger partial charge in [0, 0.05) is 11.8 Å². The van der Waals surface area contributed by atoms with Crippen LogP contribution in [-0.4, -0.2) is 17.1 Å². The first kappa shape index (κ1) is 11.8. The lowest BCUT2D eigenvalue weighted by molar-refractivity contribution is -0.131. The van der Waals surface area contributed by atoms with Crippen molar-refractivity contribution in [3.05, 3.63) is 35.4 Å². The van der Waals surface area contributed by atoms with Gasteiger partial charge >= 0.3 is 12.0 Å². The quantitative estimate of drug-likeness (QED) is 0.675. The molecule has 16 heavy (non-hydrogen) atoms. The highest BCUT2D eigenvalue weighted by atomic mass is 16.4. The molecule has 0 aliphatic rings. The van der Waals surface area contributed by atoms with Crippen molar-refractivity contribution in [3.63, 3.8) is 0 Å². The molecule has 0 spiro atoms. The van der Waals surface area contributed by atoms with Gasteiger partial charge in [-0.3, -0.25) is 0 Å². The minimum atomic E-state index is -1.02. The summed E-state index contributed by atoms with van der Waals surface area (Å²) in [7, 11) is 0. The maximum Gasteiger partial charge on any atom is 0.328 e. The van der Waals surface area contributed by atoms with Crippen LogP contribution < -0.4 is 11.1 Å². The number of urea groups is 1. The van der Waals surface area contributed by atoms with Gasteiger partial charge in [0.1, 0.15) is 0 Å². The number of primary amides is 1. The van der Waals surface area contributed by atoms with Gasteiger partial charge in [-0.05, 0) is 36.3 Å². The maximum absolute atomic E-state index is 10.7. The molecule has 1 aromatic carbocycles. The molecule has 1 rings (SSSR count). The lowest BCUT2D eigenvalue weighted by Crippen LogP contribution is -2.19. The van der Waals surface area contributed by atoms with E-state index < -0.39 is 12.0 Å². The summed E-state index contributed by atoms with van der Waals surface area (Å²) in [5, 5.41) is 10.9. The molecule has 0 heterocycles. The first-order valence-electron chi connectivity index (χ1n) is 4.56. The van der Waals surface area contributed by atoms with Crippen LogP contribution in [0.1, 0.15) is 11.1 Å². The zero-order valence-electron chi connectivity index (χ0n) is 8.73. The molecular formula is C11H12N2O3. The monoisotopic (exact) mass is 220 g/mol. The van der Waals surface area contributed by atoms with E-state index >= 15 is 0 Å². The number of carbonyl (C=O) groups is 2. The molecule has 0 atom stereocenters. The molecule has 0 aliphatic heterocycles. The number of hydrogen-bond acceptors (Lipinski definition) is 2. The standard InChI is InChI=1S/C11H12N2O3/c1-7-4-8(2-3-10(14)15)6-9(5-7)13-11(12)16/h2-6H,1H3,(H,14,15)(H3,12,13,16)/b3-2+. The molecule has 0 fully saturated rings. The van der Waals surface area contributed by atoms with Gasteiger partial charge < -0.3 is 16.2 Å². The number of rotatable bonds is 3. The van der Waals surface area contributed by atoms with E-state index in [9.17, 15) is 9.59 Å². The number of nitrogens with two attached hydrogens (primary N) is 1. The van der Waals surface area contributed by atoms with Gasteiger partial charge in [-0.1, -0.05) is 6.07 Å². The molecule has 0 aliphatic carbocycles. The van der Waals surface area contributed by atoms with Crippen LogP contribution in [0.2, 0.25) is 0 Å². The van der Waals surface area contributed by atoms with Crippen LogP contribution in [0.15, 0.2) is 24.3 Å². The SMILES string of the molecule is Cc1cc(/C=C/C(=O)O)cc(NC(N)=O)c1. The van der Waals surface area contributed by atoms with Crippen LogP contribution >= 0.6 is 0 Å². The number of anilines is 1. The van der Waals surface area contributed by atoms with Gasteiger partial charge in [0.05, 0.1) is 0 Å². The highest BCUT2D eigenvalue weighted by Crippen LogP contribution is 2.15. The van der Waals surface area contributed by atoms with E-state index in [1.807, 2.05) is 6.92 Å². The van der Waals surface area contributed by atoms with Crippen LogP contribution in [-0.2, 0) is 4.79 Å². The van der Waals surface area contributed by atoms with Crippen LogP contribution in [0, 0.1) is 6.92 Å². The summed E-state index contributed by atoms with van der Waals surface area (Å²) in [4.78, 5) is 21.0. The second-order valence-electron chi connectivity index (χ2n) is 3.29. The largest absolute Gasteiger partial charge is 0.478 e. The van der Waals surface area contributed by atoms with Crippen molar-refractivity contribution >= 4 is 23.8 Å². The van der Waals surface area contributed by atoms with E-state index in [4.69, 9.17) is 10.8 Å². The van der Waals surface area contributed by atoms with Gasteiger partial charge in [-0.2, -0.15) is 0 Å². The van der Waals surface area contributed by atoms with Crippen molar-refractivity contribution in [1.82, 2.24) is 0 Å². The number of hydrogen-bond donors (Lipinski definition) is 3. The van der Waals surface area contributed by atoms with Gasteiger partial charge in [0.25, 0.3) is 0 Å². The number of amides is 2. The minimum Gasteiger partial charge on any atom is -0.478 e. The average molecular weight is 220 g/mol. The summed E-state index contributed by atoms with van der Waals surface area (Å²) in [6.45, 7) is 1.84. The second kappa shape index (κ2) is 4.97. The van der Waals surface area contributed by atoms with E-state index in [2.05, 4.69) is 5.32 Å². The molecule has 2 amide bonds. The number of aliphatic carboxylic acids is 1. The average Bonchev–Trinajstić information content (AvgIpc) is 2.12. The van der Waals surface area contributed by atoms with Crippen molar-refractivity contribution in [2.24, 2.45) is 5.73 Å². The molecule has 1 aromatic rings. The van der Waals surface area contributed by atoms with Crippen LogP contribution in [0.4, 0.5) is 10.5 Å². The molecule has 0 aromatic heterocycles. The molecule has 0 saturated heterocycles. The molecule has 5 nitrogen and oxygen atoms in total. The van der Waals surface area contributed by atoms with Gasteiger partial charge in [0.15, 0.2) is 0 Å². The summed E-state index contributed by atoms with van der Waals surface area (Å²) in [5.74, 6) is -1.02. The third-order valence-corrected chi connectivity index (χ3v) is 1.79. The third-order valence-electron chi connectivity index (χ3n) is 1.79. The summed E-state index contributed by atoms with van der Waals surface area (Å²) in [6.07, 6.45) is 2.48. The van der Waals surface area contributed by atoms with Crippen LogP contribution in [0.25, 0.3) is 6.08 Å². The molecule has 5 heteroatoms. The lowest BCUT2D eigenvalue weighted by atomic mass is 10.1. The number of carboxylic acids is 1. The Bertz CT molecular complexity index is 453. The van der Waals surface area contributed by atoms with Crippen molar-refractivity contribution in [3.8, 4) is 0 Å². The smallest absolute Gasteiger partial charge is 0.328 e. The summed E-state index contributed by atoms with van der Waals surface area (Å²) >= 11 is 0. The van der Waals surface area contributed by atoms with Crippen molar-refractivity contribution < 1.29 is 14.7 Å². The van der Waals surface area contributed by atoms with E-state index in [1.54, 1.807) is 18.2 Å². The molecule has 0 radical (unpaired) electrons. The van der Waals surface area contributed by atoms with E-state index in [0.717, 1.165) is 11.6 Å². The Morgan fingerprint density at radius 1 is 1.38 bits per heavy atom. The Labute approximate surface area is 92.6 Å². The van der Waals surface area contributed by atoms with Gasteiger partial charge in [-0.25, -0.2) is 9.59 Å². The second-order valence-corrected chi connectivity index (χ2v) is 3.29. The van der Waals surface area contributed by atoms with Gasteiger partial charge in [-0.15, -0.1) is 0 Å². The Balaban J connectivity index is 2.98. The predicted molar refractivity (Wildman–Crippen MR) is 61.1 cm³/mol. The van der Waals surface area contributed by atoms with E-state index in [0.29, 0.717) is 11.3 Å². The summed E-state index contributed by atoms with van der Waals surface area (Å²) in [6, 6.07) is 4.52. The lowest BCUT2D eigenvalue weighted by Gasteiger charge is -2.04. The zero-order chi connectivity index (χ0) is 12.1. The molecule has 0 saturated carbocycles. The fourth-order valence-corrected chi connectivity index (χ4v) is 1.29. The Kier molecular flexibility index (Phi) is 3.66. The first-order valence-corrected chi connectivity index (χ1v) is 4.56. The topological polar surface area (TPSA) is 92.4 Å². The van der Waals surface area contributed by atoms with E-state index in [1.165, 1.54) is 6.08 Å². The fourth-order valence-electron chi connectivity index (χ4n) is 1.29. The third kappa shape index (κ3) is 3.83. The summed E-state index contributed by atoms with van der Waals surface area (Å²) < 4.78 is 0. The van der Waals surface area contributed by atoms with Crippen molar-refractivity contribution in [2.75, 3.05) is 5.32 Å². The van der Waals surface area contributed by atoms with Crippen molar-refractivity contribution in [1.29, 1.82) is 0 Å². The van der Waals surface area contributed by atoms with Crippen LogP contribution in [0.3, 0.4) is 0 Å². The molecule has 84 valence electrons. The maximum atomic E-state index is 10.7. The Hall–Kier alpha value is -2.30. The number of carbonyl (C=O) groups excluding carboxylic acids is 1. The van der Waals surface area contributed by atoms with Gasteiger partial charge in [0.2, 0.25) is 0 Å². The Morgan fingerprint density at radius 2 is 2.06 bits per heavy atom. The number of carboxylic acid groups (broad SMARTS) is 1. The molecule has 0 bridgehead atoms. The molecule has 0 unspecified atom stereocenters. The number of benzene rings is 1. The number of aryl methyl sites for hydroxylation is 1.